The smallest absolute Gasteiger partial charge is 0.267 e. The predicted octanol–water partition coefficient (Wildman–Crippen LogP) is 3.47. The molecule has 18 heavy (non-hydrogen) atoms. The number of nitrogens with zero attached hydrogens (tertiary/aromatic N) is 1. The van der Waals surface area contributed by atoms with Crippen LogP contribution in [-0.2, 0) is 0 Å². The van der Waals surface area contributed by atoms with Crippen molar-refractivity contribution in [3.8, 4) is 0 Å². The fraction of sp³-hybridized carbons (Fsp3) is 0.467. The summed E-state index contributed by atoms with van der Waals surface area (Å²) in [7, 11) is 0. The third-order valence-corrected chi connectivity index (χ3v) is 3.34. The first kappa shape index (κ1) is 12.8. The first-order chi connectivity index (χ1) is 8.66. The van der Waals surface area contributed by atoms with E-state index in [1.165, 1.54) is 18.4 Å². The highest BCUT2D eigenvalue weighted by atomic mass is 16.2. The second-order valence-electron chi connectivity index (χ2n) is 5.10. The van der Waals surface area contributed by atoms with E-state index in [1.807, 2.05) is 24.3 Å². The van der Waals surface area contributed by atoms with Gasteiger partial charge >= 0.3 is 0 Å². The molecule has 96 valence electrons. The summed E-state index contributed by atoms with van der Waals surface area (Å²) in [6.45, 7) is 4.28. The van der Waals surface area contributed by atoms with E-state index in [2.05, 4.69) is 24.4 Å². The van der Waals surface area contributed by atoms with E-state index in [4.69, 9.17) is 0 Å². The van der Waals surface area contributed by atoms with Crippen LogP contribution in [0.15, 0.2) is 29.4 Å². The van der Waals surface area contributed by atoms with Crippen LogP contribution in [0.2, 0.25) is 0 Å². The lowest BCUT2D eigenvalue weighted by Gasteiger charge is -2.06. The van der Waals surface area contributed by atoms with Crippen molar-refractivity contribution in [3.05, 3.63) is 35.4 Å². The Morgan fingerprint density at radius 1 is 1.17 bits per heavy atom. The Morgan fingerprint density at radius 3 is 2.33 bits per heavy atom. The molecule has 0 radical (unpaired) electrons. The maximum Gasteiger partial charge on any atom is 0.271 e. The van der Waals surface area contributed by atoms with Crippen LogP contribution < -0.4 is 5.43 Å². The molecular weight excluding hydrogens is 224 g/mol. The lowest BCUT2D eigenvalue weighted by Crippen LogP contribution is -2.19. The molecule has 1 aromatic carbocycles. The number of benzene rings is 1. The standard InChI is InChI=1S/C15H20N2O/c1-11(2)12-7-9-13(10-8-12)15(18)17-16-14-5-3-4-6-14/h7-11H,3-6H2,1-2H3,(H,17,18). The highest BCUT2D eigenvalue weighted by Crippen LogP contribution is 2.15. The van der Waals surface area contributed by atoms with Crippen molar-refractivity contribution in [2.24, 2.45) is 5.10 Å². The SMILES string of the molecule is CC(C)c1ccc(C(=O)NN=C2CCCC2)cc1. The van der Waals surface area contributed by atoms with Gasteiger partial charge in [0.25, 0.3) is 5.91 Å². The number of carbonyl (C=O) groups excluding carboxylic acids is 1. The molecule has 3 nitrogen and oxygen atoms in total. The summed E-state index contributed by atoms with van der Waals surface area (Å²) in [6.07, 6.45) is 4.43. The molecule has 1 fully saturated rings. The third kappa shape index (κ3) is 3.19. The first-order valence-corrected chi connectivity index (χ1v) is 6.62. The largest absolute Gasteiger partial charge is 0.271 e. The molecule has 1 aliphatic rings. The number of amides is 1. The van der Waals surface area contributed by atoms with E-state index in [-0.39, 0.29) is 5.91 Å². The van der Waals surface area contributed by atoms with Gasteiger partial charge in [0, 0.05) is 11.3 Å². The van der Waals surface area contributed by atoms with Crippen LogP contribution in [0.3, 0.4) is 0 Å². The van der Waals surface area contributed by atoms with Gasteiger partial charge in [0.2, 0.25) is 0 Å². The summed E-state index contributed by atoms with van der Waals surface area (Å²) in [5, 5.41) is 4.17. The molecule has 0 unspecified atom stereocenters. The summed E-state index contributed by atoms with van der Waals surface area (Å²) in [6, 6.07) is 7.73. The Kier molecular flexibility index (Phi) is 4.13. The van der Waals surface area contributed by atoms with E-state index in [0.29, 0.717) is 11.5 Å². The van der Waals surface area contributed by atoms with E-state index in [1.54, 1.807) is 0 Å². The first-order valence-electron chi connectivity index (χ1n) is 6.62. The third-order valence-electron chi connectivity index (χ3n) is 3.34. The minimum atomic E-state index is -0.121. The molecule has 2 rings (SSSR count). The van der Waals surface area contributed by atoms with Crippen LogP contribution in [0.1, 0.15) is 61.4 Å². The van der Waals surface area contributed by atoms with Gasteiger partial charge < -0.3 is 0 Å². The van der Waals surface area contributed by atoms with Crippen molar-refractivity contribution >= 4 is 11.6 Å². The summed E-state index contributed by atoms with van der Waals surface area (Å²) in [5.74, 6) is 0.366. The fourth-order valence-electron chi connectivity index (χ4n) is 2.11. The maximum absolute atomic E-state index is 11.9. The Bertz CT molecular complexity index is 438. The van der Waals surface area contributed by atoms with E-state index in [0.717, 1.165) is 18.6 Å². The van der Waals surface area contributed by atoms with Crippen LogP contribution >= 0.6 is 0 Å². The summed E-state index contributed by atoms with van der Waals surface area (Å²) >= 11 is 0. The van der Waals surface area contributed by atoms with Gasteiger partial charge in [-0.15, -0.1) is 0 Å². The number of hydrogen-bond acceptors (Lipinski definition) is 2. The lowest BCUT2D eigenvalue weighted by atomic mass is 10.0. The maximum atomic E-state index is 11.9. The Morgan fingerprint density at radius 2 is 1.78 bits per heavy atom. The molecule has 0 spiro atoms. The van der Waals surface area contributed by atoms with Crippen LogP contribution in [0, 0.1) is 0 Å². The van der Waals surface area contributed by atoms with Crippen LogP contribution in [-0.4, -0.2) is 11.6 Å². The molecule has 0 bridgehead atoms. The molecule has 0 aromatic heterocycles. The average Bonchev–Trinajstić information content (AvgIpc) is 2.89. The normalized spacial score (nSPS) is 14.9. The van der Waals surface area contributed by atoms with Gasteiger partial charge in [0.15, 0.2) is 0 Å². The molecule has 0 aliphatic heterocycles. The minimum absolute atomic E-state index is 0.121. The molecule has 1 aliphatic carbocycles. The van der Waals surface area contributed by atoms with Crippen molar-refractivity contribution in [2.45, 2.75) is 45.4 Å². The number of hydrogen-bond donors (Lipinski definition) is 1. The van der Waals surface area contributed by atoms with Crippen molar-refractivity contribution < 1.29 is 4.79 Å². The summed E-state index contributed by atoms with van der Waals surface area (Å²) < 4.78 is 0. The number of rotatable bonds is 3. The quantitative estimate of drug-likeness (QED) is 0.813. The summed E-state index contributed by atoms with van der Waals surface area (Å²) in [5.41, 5.74) is 5.66. The van der Waals surface area contributed by atoms with E-state index >= 15 is 0 Å². The Hall–Kier alpha value is -1.64. The van der Waals surface area contributed by atoms with Crippen LogP contribution in [0.5, 0.6) is 0 Å². The zero-order valence-electron chi connectivity index (χ0n) is 11.1. The molecule has 1 aromatic rings. The monoisotopic (exact) mass is 244 g/mol. The summed E-state index contributed by atoms with van der Waals surface area (Å²) in [4.78, 5) is 11.9. The van der Waals surface area contributed by atoms with Crippen molar-refractivity contribution in [2.75, 3.05) is 0 Å². The average molecular weight is 244 g/mol. The highest BCUT2D eigenvalue weighted by molar-refractivity contribution is 5.95. The van der Waals surface area contributed by atoms with Crippen molar-refractivity contribution in [1.82, 2.24) is 5.43 Å². The van der Waals surface area contributed by atoms with Gasteiger partial charge in [-0.3, -0.25) is 4.79 Å². The Balaban J connectivity index is 1.98. The molecule has 1 saturated carbocycles. The van der Waals surface area contributed by atoms with Gasteiger partial charge in [0.05, 0.1) is 0 Å². The topological polar surface area (TPSA) is 41.5 Å². The molecule has 1 amide bonds. The number of hydrazone groups is 1. The zero-order chi connectivity index (χ0) is 13.0. The van der Waals surface area contributed by atoms with E-state index in [9.17, 15) is 4.79 Å². The van der Waals surface area contributed by atoms with Gasteiger partial charge in [-0.25, -0.2) is 5.43 Å². The second kappa shape index (κ2) is 5.80. The molecule has 0 saturated heterocycles. The fourth-order valence-corrected chi connectivity index (χ4v) is 2.11. The zero-order valence-corrected chi connectivity index (χ0v) is 11.1. The minimum Gasteiger partial charge on any atom is -0.267 e. The number of carbonyl (C=O) groups is 1. The van der Waals surface area contributed by atoms with Crippen molar-refractivity contribution in [1.29, 1.82) is 0 Å². The molecule has 3 heteroatoms. The molecule has 1 N–H and O–H groups in total. The van der Waals surface area contributed by atoms with Gasteiger partial charge in [-0.1, -0.05) is 26.0 Å². The Labute approximate surface area is 108 Å². The number of nitrogens with one attached hydrogen (secondary N) is 1. The highest BCUT2D eigenvalue weighted by Gasteiger charge is 2.10. The molecule has 0 atom stereocenters. The lowest BCUT2D eigenvalue weighted by molar-refractivity contribution is 0.0954. The molecular formula is C15H20N2O. The van der Waals surface area contributed by atoms with E-state index < -0.39 is 0 Å². The van der Waals surface area contributed by atoms with Gasteiger partial charge in [-0.05, 0) is 49.3 Å². The van der Waals surface area contributed by atoms with Crippen molar-refractivity contribution in [3.63, 3.8) is 0 Å². The van der Waals surface area contributed by atoms with Gasteiger partial charge in [-0.2, -0.15) is 5.10 Å². The second-order valence-corrected chi connectivity index (χ2v) is 5.10. The van der Waals surface area contributed by atoms with Crippen LogP contribution in [0.4, 0.5) is 0 Å². The molecule has 0 heterocycles. The predicted molar refractivity (Wildman–Crippen MR) is 73.9 cm³/mol. The van der Waals surface area contributed by atoms with Crippen LogP contribution in [0.25, 0.3) is 0 Å². The van der Waals surface area contributed by atoms with Gasteiger partial charge in [0.1, 0.15) is 0 Å².